The summed E-state index contributed by atoms with van der Waals surface area (Å²) >= 11 is 3.44. The standard InChI is InChI=1S/C23H22BrN3O3/c1-3-30-21-12-15(11-19(24)22(21)29-2)10-17(13-25)23(28)26-9-8-16-14-27-20-7-5-4-6-18(16)20/h4-7,10-12,14,27H,3,8-9H2,1-2H3,(H,26,28)/b17-10-. The Bertz CT molecular complexity index is 1130. The first-order valence-corrected chi connectivity index (χ1v) is 10.3. The largest absolute Gasteiger partial charge is 0.492 e. The maximum Gasteiger partial charge on any atom is 0.261 e. The van der Waals surface area contributed by atoms with Crippen molar-refractivity contribution < 1.29 is 14.3 Å². The third-order valence-electron chi connectivity index (χ3n) is 4.57. The zero-order valence-electron chi connectivity index (χ0n) is 16.8. The van der Waals surface area contributed by atoms with Gasteiger partial charge in [-0.3, -0.25) is 4.79 Å². The molecule has 3 rings (SSSR count). The molecular weight excluding hydrogens is 446 g/mol. The van der Waals surface area contributed by atoms with Crippen LogP contribution in [0.5, 0.6) is 11.5 Å². The SMILES string of the molecule is CCOc1cc(/C=C(/C#N)C(=O)NCCc2c[nH]c3ccccc23)cc(Br)c1OC. The molecular formula is C23H22BrN3O3. The van der Waals surface area contributed by atoms with Crippen molar-refractivity contribution >= 4 is 38.8 Å². The number of methoxy groups -OCH3 is 1. The topological polar surface area (TPSA) is 87.1 Å². The van der Waals surface area contributed by atoms with Gasteiger partial charge < -0.3 is 19.8 Å². The number of benzene rings is 2. The molecule has 2 N–H and O–H groups in total. The minimum atomic E-state index is -0.415. The van der Waals surface area contributed by atoms with E-state index >= 15 is 0 Å². The number of carbonyl (C=O) groups is 1. The summed E-state index contributed by atoms with van der Waals surface area (Å²) in [6.45, 7) is 2.77. The molecule has 1 amide bonds. The van der Waals surface area contributed by atoms with Gasteiger partial charge >= 0.3 is 0 Å². The fourth-order valence-corrected chi connectivity index (χ4v) is 3.81. The van der Waals surface area contributed by atoms with Crippen molar-refractivity contribution in [2.24, 2.45) is 0 Å². The minimum Gasteiger partial charge on any atom is -0.492 e. The highest BCUT2D eigenvalue weighted by atomic mass is 79.9. The maximum absolute atomic E-state index is 12.5. The predicted octanol–water partition coefficient (Wildman–Crippen LogP) is 4.60. The number of hydrogen-bond donors (Lipinski definition) is 2. The average Bonchev–Trinajstić information content (AvgIpc) is 3.15. The van der Waals surface area contributed by atoms with Crippen LogP contribution < -0.4 is 14.8 Å². The van der Waals surface area contributed by atoms with Crippen molar-refractivity contribution in [3.05, 3.63) is 63.8 Å². The number of ether oxygens (including phenoxy) is 2. The smallest absolute Gasteiger partial charge is 0.261 e. The highest BCUT2D eigenvalue weighted by molar-refractivity contribution is 9.10. The number of H-pyrrole nitrogens is 1. The van der Waals surface area contributed by atoms with E-state index in [-0.39, 0.29) is 5.57 Å². The van der Waals surface area contributed by atoms with Crippen molar-refractivity contribution in [3.63, 3.8) is 0 Å². The zero-order valence-corrected chi connectivity index (χ0v) is 18.4. The molecule has 0 bridgehead atoms. The van der Waals surface area contributed by atoms with Crippen LogP contribution in [-0.2, 0) is 11.2 Å². The molecule has 2 aromatic carbocycles. The van der Waals surface area contributed by atoms with Crippen LogP contribution >= 0.6 is 15.9 Å². The molecule has 0 aliphatic heterocycles. The number of aromatic amines is 1. The molecule has 0 saturated heterocycles. The summed E-state index contributed by atoms with van der Waals surface area (Å²) < 4.78 is 11.6. The fraction of sp³-hybridized carbons (Fsp3) is 0.217. The first-order chi connectivity index (χ1) is 14.6. The Morgan fingerprint density at radius 1 is 1.33 bits per heavy atom. The lowest BCUT2D eigenvalue weighted by Gasteiger charge is -2.12. The normalized spacial score (nSPS) is 11.2. The van der Waals surface area contributed by atoms with Crippen LogP contribution in [0.3, 0.4) is 0 Å². The van der Waals surface area contributed by atoms with Gasteiger partial charge in [-0.25, -0.2) is 0 Å². The number of aromatic nitrogens is 1. The van der Waals surface area contributed by atoms with Gasteiger partial charge in [-0.1, -0.05) is 18.2 Å². The summed E-state index contributed by atoms with van der Waals surface area (Å²) in [6, 6.07) is 13.5. The van der Waals surface area contributed by atoms with Gasteiger partial charge in [-0.05, 0) is 64.7 Å². The maximum atomic E-state index is 12.5. The summed E-state index contributed by atoms with van der Waals surface area (Å²) in [5, 5.41) is 13.4. The molecule has 1 heterocycles. The lowest BCUT2D eigenvalue weighted by molar-refractivity contribution is -0.117. The van der Waals surface area contributed by atoms with Crippen LogP contribution in [0.25, 0.3) is 17.0 Å². The number of nitrogens with zero attached hydrogens (tertiary/aromatic N) is 1. The van der Waals surface area contributed by atoms with Gasteiger partial charge in [0.15, 0.2) is 11.5 Å². The quantitative estimate of drug-likeness (QED) is 0.374. The number of amides is 1. The first-order valence-electron chi connectivity index (χ1n) is 9.52. The fourth-order valence-electron chi connectivity index (χ4n) is 3.19. The molecule has 154 valence electrons. The van der Waals surface area contributed by atoms with Crippen LogP contribution in [-0.4, -0.2) is 31.2 Å². The van der Waals surface area contributed by atoms with Gasteiger partial charge in [0.2, 0.25) is 0 Å². The second kappa shape index (κ2) is 9.99. The van der Waals surface area contributed by atoms with Crippen molar-refractivity contribution in [2.45, 2.75) is 13.3 Å². The monoisotopic (exact) mass is 467 g/mol. The van der Waals surface area contributed by atoms with Gasteiger partial charge in [0.05, 0.1) is 18.2 Å². The Kier molecular flexibility index (Phi) is 7.15. The van der Waals surface area contributed by atoms with E-state index in [2.05, 4.69) is 26.2 Å². The molecule has 0 aliphatic rings. The Balaban J connectivity index is 1.71. The van der Waals surface area contributed by atoms with E-state index < -0.39 is 5.91 Å². The van der Waals surface area contributed by atoms with Gasteiger partial charge in [-0.15, -0.1) is 0 Å². The molecule has 0 radical (unpaired) electrons. The van der Waals surface area contributed by atoms with Crippen LogP contribution in [0.4, 0.5) is 0 Å². The third-order valence-corrected chi connectivity index (χ3v) is 5.16. The highest BCUT2D eigenvalue weighted by Crippen LogP contribution is 2.37. The second-order valence-electron chi connectivity index (χ2n) is 6.50. The number of para-hydroxylation sites is 1. The van der Waals surface area contributed by atoms with Gasteiger partial charge in [-0.2, -0.15) is 5.26 Å². The lowest BCUT2D eigenvalue weighted by Crippen LogP contribution is -2.26. The third kappa shape index (κ3) is 4.84. The molecule has 0 aliphatic carbocycles. The number of nitrogens with one attached hydrogen (secondary N) is 2. The summed E-state index contributed by atoms with van der Waals surface area (Å²) in [6.07, 6.45) is 4.15. The molecule has 1 aromatic heterocycles. The second-order valence-corrected chi connectivity index (χ2v) is 7.36. The van der Waals surface area contributed by atoms with E-state index in [9.17, 15) is 10.1 Å². The van der Waals surface area contributed by atoms with E-state index in [4.69, 9.17) is 9.47 Å². The number of fused-ring (bicyclic) bond motifs is 1. The molecule has 7 heteroatoms. The van der Waals surface area contributed by atoms with Gasteiger partial charge in [0.1, 0.15) is 11.6 Å². The van der Waals surface area contributed by atoms with E-state index in [0.29, 0.717) is 41.1 Å². The summed E-state index contributed by atoms with van der Waals surface area (Å²) in [5.41, 5.74) is 2.86. The van der Waals surface area contributed by atoms with Crippen molar-refractivity contribution in [1.29, 1.82) is 5.26 Å². The summed E-state index contributed by atoms with van der Waals surface area (Å²) in [5.74, 6) is 0.690. The van der Waals surface area contributed by atoms with Crippen molar-refractivity contribution in [3.8, 4) is 17.6 Å². The minimum absolute atomic E-state index is 0.0217. The van der Waals surface area contributed by atoms with E-state index in [1.807, 2.05) is 43.5 Å². The van der Waals surface area contributed by atoms with Crippen LogP contribution in [0.2, 0.25) is 0 Å². The van der Waals surface area contributed by atoms with Crippen LogP contribution in [0, 0.1) is 11.3 Å². The Morgan fingerprint density at radius 3 is 2.87 bits per heavy atom. The molecule has 0 saturated carbocycles. The van der Waals surface area contributed by atoms with E-state index in [0.717, 1.165) is 16.5 Å². The Hall–Kier alpha value is -3.24. The number of halogens is 1. The van der Waals surface area contributed by atoms with Crippen molar-refractivity contribution in [1.82, 2.24) is 10.3 Å². The highest BCUT2D eigenvalue weighted by Gasteiger charge is 2.13. The van der Waals surface area contributed by atoms with E-state index in [1.54, 1.807) is 19.2 Å². The van der Waals surface area contributed by atoms with Gasteiger partial charge in [0, 0.05) is 23.6 Å². The predicted molar refractivity (Wildman–Crippen MR) is 120 cm³/mol. The number of nitriles is 1. The number of carbonyl (C=O) groups excluding carboxylic acids is 1. The summed E-state index contributed by atoms with van der Waals surface area (Å²) in [4.78, 5) is 15.7. The molecule has 0 unspecified atom stereocenters. The molecule has 0 fully saturated rings. The van der Waals surface area contributed by atoms with Gasteiger partial charge in [0.25, 0.3) is 5.91 Å². The number of rotatable bonds is 8. The number of hydrogen-bond acceptors (Lipinski definition) is 4. The molecule has 0 spiro atoms. The lowest BCUT2D eigenvalue weighted by atomic mass is 10.1. The van der Waals surface area contributed by atoms with Crippen LogP contribution in [0.1, 0.15) is 18.1 Å². The molecule has 6 nitrogen and oxygen atoms in total. The Morgan fingerprint density at radius 2 is 2.13 bits per heavy atom. The molecule has 0 atom stereocenters. The van der Waals surface area contributed by atoms with E-state index in [1.165, 1.54) is 6.08 Å². The molecule has 3 aromatic rings. The zero-order chi connectivity index (χ0) is 21.5. The average molecular weight is 468 g/mol. The Labute approximate surface area is 183 Å². The van der Waals surface area contributed by atoms with Crippen LogP contribution in [0.15, 0.2) is 52.6 Å². The molecule has 30 heavy (non-hydrogen) atoms. The first kappa shape index (κ1) is 21.5. The summed E-state index contributed by atoms with van der Waals surface area (Å²) in [7, 11) is 1.56. The van der Waals surface area contributed by atoms with Crippen molar-refractivity contribution in [2.75, 3.05) is 20.3 Å².